The first-order valence-corrected chi connectivity index (χ1v) is 5.31. The monoisotopic (exact) mass is 205 g/mol. The summed E-state index contributed by atoms with van der Waals surface area (Å²) in [6, 6.07) is -0.00255. The summed E-state index contributed by atoms with van der Waals surface area (Å²) in [5.41, 5.74) is 1.77. The van der Waals surface area contributed by atoms with Crippen molar-refractivity contribution in [3.8, 4) is 0 Å². The summed E-state index contributed by atoms with van der Waals surface area (Å²) in [6.07, 6.45) is 2.83. The minimum atomic E-state index is -0.809. The van der Waals surface area contributed by atoms with E-state index in [9.17, 15) is 9.59 Å². The summed E-state index contributed by atoms with van der Waals surface area (Å²) in [6.45, 7) is 1.85. The third-order valence-corrected chi connectivity index (χ3v) is 2.11. The molecule has 1 unspecified atom stereocenters. The lowest BCUT2D eigenvalue weighted by Gasteiger charge is -2.11. The lowest BCUT2D eigenvalue weighted by molar-refractivity contribution is -0.139. The second-order valence-corrected chi connectivity index (χ2v) is 3.62. The Hall–Kier alpha value is -0.750. The molecule has 0 aliphatic carbocycles. The fraction of sp³-hybridized carbons (Fsp3) is 0.714. The molecule has 0 aliphatic rings. The molecule has 0 heterocycles. The van der Waals surface area contributed by atoms with Crippen LogP contribution in [0.3, 0.4) is 0 Å². The van der Waals surface area contributed by atoms with Gasteiger partial charge < -0.3 is 5.32 Å². The molecule has 6 heteroatoms. The average molecular weight is 205 g/mol. The molecule has 76 valence electrons. The Morgan fingerprint density at radius 2 is 2.08 bits per heavy atom. The molecule has 0 rings (SSSR count). The van der Waals surface area contributed by atoms with E-state index in [-0.39, 0.29) is 6.04 Å². The molecule has 4 N–H and O–H groups in total. The van der Waals surface area contributed by atoms with E-state index < -0.39 is 11.8 Å². The van der Waals surface area contributed by atoms with Crippen LogP contribution in [0.15, 0.2) is 0 Å². The number of rotatable bonds is 4. The molecule has 0 saturated heterocycles. The third-order valence-electron chi connectivity index (χ3n) is 1.47. The van der Waals surface area contributed by atoms with Gasteiger partial charge in [0.15, 0.2) is 0 Å². The van der Waals surface area contributed by atoms with E-state index in [1.54, 1.807) is 17.2 Å². The quantitative estimate of drug-likeness (QED) is 0.244. The van der Waals surface area contributed by atoms with Crippen molar-refractivity contribution in [1.29, 1.82) is 0 Å². The van der Waals surface area contributed by atoms with Crippen molar-refractivity contribution in [1.82, 2.24) is 10.7 Å². The molecule has 1 atom stereocenters. The van der Waals surface area contributed by atoms with Gasteiger partial charge in [0.05, 0.1) is 0 Å². The Morgan fingerprint density at radius 3 is 2.54 bits per heavy atom. The number of carbonyl (C=O) groups is 2. The van der Waals surface area contributed by atoms with Gasteiger partial charge >= 0.3 is 11.8 Å². The number of carbonyl (C=O) groups excluding carboxylic acids is 2. The van der Waals surface area contributed by atoms with E-state index >= 15 is 0 Å². The van der Waals surface area contributed by atoms with E-state index in [0.29, 0.717) is 0 Å². The predicted octanol–water partition coefficient (Wildman–Crippen LogP) is -0.766. The van der Waals surface area contributed by atoms with Crippen LogP contribution in [0, 0.1) is 0 Å². The number of nitrogens with two attached hydrogens (primary N) is 1. The van der Waals surface area contributed by atoms with Crippen LogP contribution in [0.2, 0.25) is 0 Å². The Balaban J connectivity index is 3.71. The number of nitrogens with one attached hydrogen (secondary N) is 2. The van der Waals surface area contributed by atoms with Gasteiger partial charge in [0.25, 0.3) is 0 Å². The van der Waals surface area contributed by atoms with Crippen LogP contribution in [-0.2, 0) is 9.59 Å². The van der Waals surface area contributed by atoms with Crippen molar-refractivity contribution in [2.24, 2.45) is 5.84 Å². The summed E-state index contributed by atoms with van der Waals surface area (Å²) in [4.78, 5) is 21.6. The zero-order chi connectivity index (χ0) is 10.3. The molecule has 0 aromatic heterocycles. The van der Waals surface area contributed by atoms with Crippen molar-refractivity contribution >= 4 is 23.6 Å². The first-order valence-electron chi connectivity index (χ1n) is 3.92. The van der Waals surface area contributed by atoms with Gasteiger partial charge in [0.2, 0.25) is 0 Å². The normalized spacial score (nSPS) is 11.9. The second-order valence-electron chi connectivity index (χ2n) is 2.63. The number of hydrogen-bond acceptors (Lipinski definition) is 4. The Labute approximate surface area is 81.8 Å². The highest BCUT2D eigenvalue weighted by atomic mass is 32.2. The highest BCUT2D eigenvalue weighted by Crippen LogP contribution is 1.99. The van der Waals surface area contributed by atoms with Gasteiger partial charge in [-0.15, -0.1) is 0 Å². The van der Waals surface area contributed by atoms with Gasteiger partial charge in [-0.1, -0.05) is 0 Å². The first-order chi connectivity index (χ1) is 6.11. The summed E-state index contributed by atoms with van der Waals surface area (Å²) < 4.78 is 0. The van der Waals surface area contributed by atoms with Gasteiger partial charge in [0, 0.05) is 6.04 Å². The molecule has 2 amide bonds. The molecule has 0 aromatic carbocycles. The standard InChI is InChI=1S/C7H15N3O2S/c1-5(3-4-13-2)9-6(11)7(12)10-8/h5H,3-4,8H2,1-2H3,(H,9,11)(H,10,12). The number of thioether (sulfide) groups is 1. The molecule has 0 saturated carbocycles. The minimum Gasteiger partial charge on any atom is -0.345 e. The van der Waals surface area contributed by atoms with Gasteiger partial charge in [-0.05, 0) is 25.4 Å². The zero-order valence-electron chi connectivity index (χ0n) is 7.79. The van der Waals surface area contributed by atoms with E-state index in [1.807, 2.05) is 13.2 Å². The van der Waals surface area contributed by atoms with E-state index in [0.717, 1.165) is 12.2 Å². The summed E-state index contributed by atoms with van der Waals surface area (Å²) in [5.74, 6) is 4.24. The van der Waals surface area contributed by atoms with E-state index in [2.05, 4.69) is 5.32 Å². The fourth-order valence-electron chi connectivity index (χ4n) is 0.722. The van der Waals surface area contributed by atoms with Crippen molar-refractivity contribution in [3.05, 3.63) is 0 Å². The Kier molecular flexibility index (Phi) is 6.34. The van der Waals surface area contributed by atoms with Gasteiger partial charge in [-0.2, -0.15) is 11.8 Å². The molecule has 0 fully saturated rings. The SMILES string of the molecule is CSCCC(C)NC(=O)C(=O)NN. The zero-order valence-corrected chi connectivity index (χ0v) is 8.61. The third kappa shape index (κ3) is 5.48. The van der Waals surface area contributed by atoms with Crippen LogP contribution in [0.1, 0.15) is 13.3 Å². The molecule has 0 aromatic rings. The highest BCUT2D eigenvalue weighted by Gasteiger charge is 2.13. The van der Waals surface area contributed by atoms with Crippen molar-refractivity contribution in [2.75, 3.05) is 12.0 Å². The number of hydrogen-bond donors (Lipinski definition) is 3. The smallest absolute Gasteiger partial charge is 0.323 e. The van der Waals surface area contributed by atoms with Crippen LogP contribution in [0.4, 0.5) is 0 Å². The van der Waals surface area contributed by atoms with Crippen LogP contribution < -0.4 is 16.6 Å². The predicted molar refractivity (Wildman–Crippen MR) is 52.9 cm³/mol. The van der Waals surface area contributed by atoms with Crippen LogP contribution in [0.5, 0.6) is 0 Å². The van der Waals surface area contributed by atoms with Gasteiger partial charge in [-0.3, -0.25) is 15.0 Å². The second kappa shape index (κ2) is 6.73. The topological polar surface area (TPSA) is 84.2 Å². The largest absolute Gasteiger partial charge is 0.345 e. The minimum absolute atomic E-state index is 0.00255. The first kappa shape index (κ1) is 12.2. The number of amides is 2. The molecular formula is C7H15N3O2S. The molecule has 0 radical (unpaired) electrons. The molecule has 0 spiro atoms. The van der Waals surface area contributed by atoms with Gasteiger partial charge in [-0.25, -0.2) is 5.84 Å². The van der Waals surface area contributed by atoms with Crippen LogP contribution >= 0.6 is 11.8 Å². The fourth-order valence-corrected chi connectivity index (χ4v) is 1.31. The van der Waals surface area contributed by atoms with Crippen molar-refractivity contribution in [3.63, 3.8) is 0 Å². The van der Waals surface area contributed by atoms with Gasteiger partial charge in [0.1, 0.15) is 0 Å². The summed E-state index contributed by atoms with van der Waals surface area (Å²) in [5, 5.41) is 2.52. The number of hydrazine groups is 1. The highest BCUT2D eigenvalue weighted by molar-refractivity contribution is 7.98. The average Bonchev–Trinajstić information content (AvgIpc) is 2.13. The maximum Gasteiger partial charge on any atom is 0.323 e. The van der Waals surface area contributed by atoms with E-state index in [1.165, 1.54) is 0 Å². The summed E-state index contributed by atoms with van der Waals surface area (Å²) >= 11 is 1.69. The molecule has 0 bridgehead atoms. The molecule has 13 heavy (non-hydrogen) atoms. The maximum atomic E-state index is 10.9. The summed E-state index contributed by atoms with van der Waals surface area (Å²) in [7, 11) is 0. The maximum absolute atomic E-state index is 10.9. The lowest BCUT2D eigenvalue weighted by Crippen LogP contribution is -2.46. The lowest BCUT2D eigenvalue weighted by atomic mass is 10.2. The molecule has 5 nitrogen and oxygen atoms in total. The Morgan fingerprint density at radius 1 is 1.46 bits per heavy atom. The van der Waals surface area contributed by atoms with Crippen molar-refractivity contribution < 1.29 is 9.59 Å². The van der Waals surface area contributed by atoms with Crippen molar-refractivity contribution in [2.45, 2.75) is 19.4 Å². The molecular weight excluding hydrogens is 190 g/mol. The van der Waals surface area contributed by atoms with E-state index in [4.69, 9.17) is 5.84 Å². The molecule has 0 aliphatic heterocycles. The van der Waals surface area contributed by atoms with Crippen LogP contribution in [0.25, 0.3) is 0 Å². The van der Waals surface area contributed by atoms with Crippen LogP contribution in [-0.4, -0.2) is 29.9 Å². The Bertz CT molecular complexity index is 187.